The Morgan fingerprint density at radius 3 is 2.13 bits per heavy atom. The Kier molecular flexibility index (Phi) is 4.84. The van der Waals surface area contributed by atoms with Crippen LogP contribution in [0, 0.1) is 5.41 Å². The molecule has 2 nitrogen and oxygen atoms in total. The van der Waals surface area contributed by atoms with Crippen molar-refractivity contribution in [3.05, 3.63) is 71.3 Å². The van der Waals surface area contributed by atoms with Gasteiger partial charge in [-0.05, 0) is 34.9 Å². The minimum Gasteiger partial charge on any atom is -0.396 e. The summed E-state index contributed by atoms with van der Waals surface area (Å²) in [6.07, 6.45) is 2.22. The third kappa shape index (κ3) is 3.65. The second kappa shape index (κ2) is 6.86. The van der Waals surface area contributed by atoms with Gasteiger partial charge in [-0.1, -0.05) is 68.4 Å². The molecule has 0 aliphatic heterocycles. The Morgan fingerprint density at radius 2 is 1.57 bits per heavy atom. The van der Waals surface area contributed by atoms with Crippen LogP contribution in [-0.2, 0) is 12.8 Å². The van der Waals surface area contributed by atoms with Crippen molar-refractivity contribution in [1.82, 2.24) is 5.32 Å². The number of hydrogen-bond acceptors (Lipinski definition) is 2. The molecule has 2 aromatic carbocycles. The first-order valence-corrected chi connectivity index (χ1v) is 8.56. The van der Waals surface area contributed by atoms with Gasteiger partial charge < -0.3 is 10.4 Å². The lowest BCUT2D eigenvalue weighted by atomic mass is 9.75. The zero-order valence-electron chi connectivity index (χ0n) is 14.1. The first-order chi connectivity index (χ1) is 11.1. The predicted octanol–water partition coefficient (Wildman–Crippen LogP) is 3.55. The van der Waals surface area contributed by atoms with E-state index in [0.717, 1.165) is 19.4 Å². The number of fused-ring (bicyclic) bond motifs is 1. The van der Waals surface area contributed by atoms with E-state index < -0.39 is 0 Å². The van der Waals surface area contributed by atoms with Crippen LogP contribution >= 0.6 is 0 Å². The highest BCUT2D eigenvalue weighted by atomic mass is 16.3. The molecule has 2 N–H and O–H groups in total. The SMILES string of the molecule is CC(C)(CO)[C@H](CNC1Cc2ccccc2C1)c1ccccc1. The van der Waals surface area contributed by atoms with Gasteiger partial charge in [0.2, 0.25) is 0 Å². The van der Waals surface area contributed by atoms with E-state index in [9.17, 15) is 5.11 Å². The molecule has 0 amide bonds. The van der Waals surface area contributed by atoms with E-state index >= 15 is 0 Å². The molecule has 23 heavy (non-hydrogen) atoms. The molecular formula is C21H27NO. The van der Waals surface area contributed by atoms with Crippen molar-refractivity contribution in [2.45, 2.75) is 38.6 Å². The normalized spacial score (nSPS) is 16.3. The van der Waals surface area contributed by atoms with Crippen LogP contribution in [0.4, 0.5) is 0 Å². The van der Waals surface area contributed by atoms with Crippen LogP contribution in [0.1, 0.15) is 36.5 Å². The molecule has 0 saturated carbocycles. The third-order valence-corrected chi connectivity index (χ3v) is 5.21. The van der Waals surface area contributed by atoms with E-state index in [-0.39, 0.29) is 12.0 Å². The van der Waals surface area contributed by atoms with Crippen LogP contribution < -0.4 is 5.32 Å². The molecule has 3 rings (SSSR count). The van der Waals surface area contributed by atoms with Crippen molar-refractivity contribution >= 4 is 0 Å². The molecule has 1 atom stereocenters. The molecule has 0 aromatic heterocycles. The molecule has 122 valence electrons. The van der Waals surface area contributed by atoms with Gasteiger partial charge in [0, 0.05) is 25.1 Å². The quantitative estimate of drug-likeness (QED) is 0.855. The van der Waals surface area contributed by atoms with Gasteiger partial charge in [0.1, 0.15) is 0 Å². The van der Waals surface area contributed by atoms with Crippen molar-refractivity contribution in [3.8, 4) is 0 Å². The topological polar surface area (TPSA) is 32.3 Å². The molecule has 1 aliphatic rings. The zero-order valence-corrected chi connectivity index (χ0v) is 14.1. The van der Waals surface area contributed by atoms with E-state index in [1.54, 1.807) is 0 Å². The van der Waals surface area contributed by atoms with Crippen molar-refractivity contribution in [3.63, 3.8) is 0 Å². The molecule has 0 saturated heterocycles. The highest BCUT2D eigenvalue weighted by Crippen LogP contribution is 2.35. The minimum absolute atomic E-state index is 0.139. The lowest BCUT2D eigenvalue weighted by Gasteiger charge is -2.34. The van der Waals surface area contributed by atoms with Gasteiger partial charge in [0.15, 0.2) is 0 Å². The summed E-state index contributed by atoms with van der Waals surface area (Å²) in [4.78, 5) is 0. The number of aliphatic hydroxyl groups excluding tert-OH is 1. The smallest absolute Gasteiger partial charge is 0.0488 e. The average Bonchev–Trinajstić information content (AvgIpc) is 2.98. The molecule has 0 fully saturated rings. The Hall–Kier alpha value is -1.64. The number of hydrogen-bond donors (Lipinski definition) is 2. The Morgan fingerprint density at radius 1 is 1.00 bits per heavy atom. The first-order valence-electron chi connectivity index (χ1n) is 8.56. The number of benzene rings is 2. The van der Waals surface area contributed by atoms with E-state index in [2.05, 4.69) is 67.7 Å². The lowest BCUT2D eigenvalue weighted by molar-refractivity contribution is 0.127. The Balaban J connectivity index is 1.69. The fraction of sp³-hybridized carbons (Fsp3) is 0.429. The fourth-order valence-electron chi connectivity index (χ4n) is 3.63. The van der Waals surface area contributed by atoms with Gasteiger partial charge in [-0.2, -0.15) is 0 Å². The summed E-state index contributed by atoms with van der Waals surface area (Å²) in [6, 6.07) is 19.8. The van der Waals surface area contributed by atoms with Gasteiger partial charge in [-0.15, -0.1) is 0 Å². The minimum atomic E-state index is -0.139. The van der Waals surface area contributed by atoms with Gasteiger partial charge in [0.25, 0.3) is 0 Å². The Bertz CT molecular complexity index is 610. The summed E-state index contributed by atoms with van der Waals surface area (Å²) in [5.74, 6) is 0.303. The van der Waals surface area contributed by atoms with Crippen molar-refractivity contribution in [2.24, 2.45) is 5.41 Å². The van der Waals surface area contributed by atoms with Crippen LogP contribution in [0.2, 0.25) is 0 Å². The maximum absolute atomic E-state index is 9.83. The number of nitrogens with one attached hydrogen (secondary N) is 1. The first kappa shape index (κ1) is 16.2. The van der Waals surface area contributed by atoms with Gasteiger partial charge >= 0.3 is 0 Å². The molecule has 0 radical (unpaired) electrons. The second-order valence-electron chi connectivity index (χ2n) is 7.39. The Labute approximate surface area is 139 Å². The molecule has 0 spiro atoms. The number of rotatable bonds is 6. The summed E-state index contributed by atoms with van der Waals surface area (Å²) >= 11 is 0. The number of aliphatic hydroxyl groups is 1. The highest BCUT2D eigenvalue weighted by molar-refractivity contribution is 5.33. The van der Waals surface area contributed by atoms with Crippen LogP contribution in [-0.4, -0.2) is 24.3 Å². The standard InChI is InChI=1S/C21H27NO/c1-21(2,15-23)20(16-8-4-3-5-9-16)14-22-19-12-17-10-6-7-11-18(17)13-19/h3-11,19-20,22-23H,12-15H2,1-2H3/t20-/m1/s1. The molecule has 0 unspecified atom stereocenters. The van der Waals surface area contributed by atoms with Gasteiger partial charge in [-0.3, -0.25) is 0 Å². The molecular weight excluding hydrogens is 282 g/mol. The summed E-state index contributed by atoms with van der Waals surface area (Å²) in [5, 5.41) is 13.6. The summed E-state index contributed by atoms with van der Waals surface area (Å²) in [7, 11) is 0. The third-order valence-electron chi connectivity index (χ3n) is 5.21. The maximum atomic E-state index is 9.83. The molecule has 1 aliphatic carbocycles. The van der Waals surface area contributed by atoms with E-state index in [1.165, 1.54) is 16.7 Å². The van der Waals surface area contributed by atoms with Gasteiger partial charge in [0.05, 0.1) is 0 Å². The highest BCUT2D eigenvalue weighted by Gasteiger charge is 2.31. The molecule has 2 aromatic rings. The second-order valence-corrected chi connectivity index (χ2v) is 7.39. The summed E-state index contributed by atoms with van der Waals surface area (Å²) < 4.78 is 0. The van der Waals surface area contributed by atoms with Crippen LogP contribution in [0.5, 0.6) is 0 Å². The van der Waals surface area contributed by atoms with E-state index in [0.29, 0.717) is 12.0 Å². The lowest BCUT2D eigenvalue weighted by Crippen LogP contribution is -2.39. The predicted molar refractivity (Wildman–Crippen MR) is 95.7 cm³/mol. The molecule has 0 bridgehead atoms. The average molecular weight is 309 g/mol. The zero-order chi connectivity index (χ0) is 16.3. The molecule has 0 heterocycles. The largest absolute Gasteiger partial charge is 0.396 e. The summed E-state index contributed by atoms with van der Waals surface area (Å²) in [6.45, 7) is 5.39. The maximum Gasteiger partial charge on any atom is 0.0488 e. The fourth-order valence-corrected chi connectivity index (χ4v) is 3.63. The van der Waals surface area contributed by atoms with Crippen molar-refractivity contribution in [1.29, 1.82) is 0 Å². The summed E-state index contributed by atoms with van der Waals surface area (Å²) in [5.41, 5.74) is 4.11. The van der Waals surface area contributed by atoms with E-state index in [4.69, 9.17) is 0 Å². The van der Waals surface area contributed by atoms with Gasteiger partial charge in [-0.25, -0.2) is 0 Å². The van der Waals surface area contributed by atoms with Crippen LogP contribution in [0.3, 0.4) is 0 Å². The molecule has 2 heteroatoms. The van der Waals surface area contributed by atoms with Crippen LogP contribution in [0.25, 0.3) is 0 Å². The van der Waals surface area contributed by atoms with Crippen molar-refractivity contribution < 1.29 is 5.11 Å². The van der Waals surface area contributed by atoms with Crippen molar-refractivity contribution in [2.75, 3.05) is 13.2 Å². The monoisotopic (exact) mass is 309 g/mol. The van der Waals surface area contributed by atoms with Crippen LogP contribution in [0.15, 0.2) is 54.6 Å². The van der Waals surface area contributed by atoms with E-state index in [1.807, 2.05) is 6.07 Å².